The fraction of sp³-hybridized carbons (Fsp3) is 0.222. The summed E-state index contributed by atoms with van der Waals surface area (Å²) in [4.78, 5) is 23.4. The van der Waals surface area contributed by atoms with Crippen molar-refractivity contribution in [1.29, 1.82) is 0 Å². The van der Waals surface area contributed by atoms with E-state index in [2.05, 4.69) is 10.9 Å². The van der Waals surface area contributed by atoms with Crippen LogP contribution < -0.4 is 15.6 Å². The monoisotopic (exact) mass is 330 g/mol. The first-order chi connectivity index (χ1) is 11.4. The summed E-state index contributed by atoms with van der Waals surface area (Å²) < 4.78 is 18.2. The lowest BCUT2D eigenvalue weighted by Gasteiger charge is -2.11. The van der Waals surface area contributed by atoms with Gasteiger partial charge >= 0.3 is 0 Å². The third-order valence-corrected chi connectivity index (χ3v) is 3.31. The molecule has 0 atom stereocenters. The van der Waals surface area contributed by atoms with E-state index in [0.29, 0.717) is 11.3 Å². The molecule has 2 aromatic rings. The van der Waals surface area contributed by atoms with Crippen molar-refractivity contribution in [2.45, 2.75) is 20.3 Å². The SMILES string of the molecule is Cc1ccc(OCC(=O)NNC(=O)Cc2ccc(F)cc2)c(C)c1. The van der Waals surface area contributed by atoms with Crippen molar-refractivity contribution < 1.29 is 18.7 Å². The summed E-state index contributed by atoms with van der Waals surface area (Å²) in [6, 6.07) is 11.2. The molecule has 0 unspecified atom stereocenters. The minimum absolute atomic E-state index is 0.0402. The predicted octanol–water partition coefficient (Wildman–Crippen LogP) is 2.21. The maximum absolute atomic E-state index is 12.8. The molecule has 2 amide bonds. The first-order valence-corrected chi connectivity index (χ1v) is 7.46. The second kappa shape index (κ2) is 8.10. The first kappa shape index (κ1) is 17.5. The van der Waals surface area contributed by atoms with E-state index < -0.39 is 11.8 Å². The van der Waals surface area contributed by atoms with Crippen LogP contribution in [0.5, 0.6) is 5.75 Å². The van der Waals surface area contributed by atoms with Crippen molar-refractivity contribution in [2.75, 3.05) is 6.61 Å². The molecule has 0 saturated heterocycles. The van der Waals surface area contributed by atoms with Crippen molar-refractivity contribution in [2.24, 2.45) is 0 Å². The van der Waals surface area contributed by atoms with E-state index >= 15 is 0 Å². The fourth-order valence-corrected chi connectivity index (χ4v) is 2.11. The van der Waals surface area contributed by atoms with Gasteiger partial charge in [0.05, 0.1) is 6.42 Å². The molecule has 0 radical (unpaired) electrons. The number of aryl methyl sites for hydroxylation is 2. The topological polar surface area (TPSA) is 67.4 Å². The highest BCUT2D eigenvalue weighted by Crippen LogP contribution is 2.18. The Labute approximate surface area is 139 Å². The smallest absolute Gasteiger partial charge is 0.276 e. The average molecular weight is 330 g/mol. The average Bonchev–Trinajstić information content (AvgIpc) is 2.54. The predicted molar refractivity (Wildman–Crippen MR) is 87.8 cm³/mol. The third kappa shape index (κ3) is 5.39. The van der Waals surface area contributed by atoms with Gasteiger partial charge in [0.25, 0.3) is 5.91 Å². The number of hydrogen-bond acceptors (Lipinski definition) is 3. The van der Waals surface area contributed by atoms with E-state index in [9.17, 15) is 14.0 Å². The second-order valence-corrected chi connectivity index (χ2v) is 5.46. The molecule has 5 nitrogen and oxygen atoms in total. The number of halogens is 1. The van der Waals surface area contributed by atoms with Crippen LogP contribution in [0.15, 0.2) is 42.5 Å². The highest BCUT2D eigenvalue weighted by molar-refractivity contribution is 5.83. The molecule has 0 aliphatic rings. The molecule has 0 aliphatic heterocycles. The van der Waals surface area contributed by atoms with Crippen LogP contribution in [0.25, 0.3) is 0 Å². The summed E-state index contributed by atoms with van der Waals surface area (Å²) in [6.45, 7) is 3.66. The van der Waals surface area contributed by atoms with Gasteiger partial charge in [0.1, 0.15) is 11.6 Å². The zero-order valence-corrected chi connectivity index (χ0v) is 13.6. The van der Waals surface area contributed by atoms with E-state index in [4.69, 9.17) is 4.74 Å². The summed E-state index contributed by atoms with van der Waals surface area (Å²) in [5, 5.41) is 0. The van der Waals surface area contributed by atoms with E-state index in [1.165, 1.54) is 24.3 Å². The standard InChI is InChI=1S/C18H19FN2O3/c1-12-3-8-16(13(2)9-12)24-11-18(23)21-20-17(22)10-14-4-6-15(19)7-5-14/h3-9H,10-11H2,1-2H3,(H,20,22)(H,21,23). The third-order valence-electron chi connectivity index (χ3n) is 3.31. The molecule has 0 aromatic heterocycles. The van der Waals surface area contributed by atoms with Gasteiger partial charge in [0.15, 0.2) is 6.61 Å². The quantitative estimate of drug-likeness (QED) is 0.826. The Kier molecular flexibility index (Phi) is 5.89. The lowest BCUT2D eigenvalue weighted by atomic mass is 10.1. The first-order valence-electron chi connectivity index (χ1n) is 7.46. The molecule has 24 heavy (non-hydrogen) atoms. The van der Waals surface area contributed by atoms with E-state index in [0.717, 1.165) is 11.1 Å². The zero-order chi connectivity index (χ0) is 17.5. The number of carbonyl (C=O) groups is 2. The van der Waals surface area contributed by atoms with E-state index in [1.54, 1.807) is 6.07 Å². The molecular weight excluding hydrogens is 311 g/mol. The van der Waals surface area contributed by atoms with Gasteiger partial charge in [-0.1, -0.05) is 29.8 Å². The molecule has 0 aliphatic carbocycles. The fourth-order valence-electron chi connectivity index (χ4n) is 2.11. The van der Waals surface area contributed by atoms with Crippen LogP contribution in [0.1, 0.15) is 16.7 Å². The van der Waals surface area contributed by atoms with Crippen molar-refractivity contribution >= 4 is 11.8 Å². The second-order valence-electron chi connectivity index (χ2n) is 5.46. The van der Waals surface area contributed by atoms with Gasteiger partial charge in [-0.25, -0.2) is 4.39 Å². The maximum Gasteiger partial charge on any atom is 0.276 e. The van der Waals surface area contributed by atoms with Crippen molar-refractivity contribution in [1.82, 2.24) is 10.9 Å². The molecule has 2 N–H and O–H groups in total. The molecule has 2 aromatic carbocycles. The van der Waals surface area contributed by atoms with Gasteiger partial charge in [-0.2, -0.15) is 0 Å². The van der Waals surface area contributed by atoms with Crippen molar-refractivity contribution in [3.63, 3.8) is 0 Å². The Balaban J connectivity index is 1.74. The number of nitrogens with one attached hydrogen (secondary N) is 2. The number of amides is 2. The van der Waals surface area contributed by atoms with Crippen LogP contribution in [0.4, 0.5) is 4.39 Å². The van der Waals surface area contributed by atoms with Gasteiger partial charge in [-0.15, -0.1) is 0 Å². The number of rotatable bonds is 5. The molecule has 0 spiro atoms. The summed E-state index contributed by atoms with van der Waals surface area (Å²) in [6.07, 6.45) is 0.0402. The molecule has 0 heterocycles. The van der Waals surface area contributed by atoms with Crippen LogP contribution in [0.2, 0.25) is 0 Å². The van der Waals surface area contributed by atoms with Crippen molar-refractivity contribution in [3.05, 3.63) is 65.0 Å². The van der Waals surface area contributed by atoms with Crippen LogP contribution in [0.3, 0.4) is 0 Å². The Morgan fingerprint density at radius 1 is 1.00 bits per heavy atom. The molecule has 0 bridgehead atoms. The number of hydrogen-bond donors (Lipinski definition) is 2. The van der Waals surface area contributed by atoms with Crippen LogP contribution in [-0.4, -0.2) is 18.4 Å². The molecule has 2 rings (SSSR count). The van der Waals surface area contributed by atoms with Crippen LogP contribution in [-0.2, 0) is 16.0 Å². The maximum atomic E-state index is 12.8. The van der Waals surface area contributed by atoms with Gasteiger partial charge < -0.3 is 4.74 Å². The minimum atomic E-state index is -0.470. The molecule has 6 heteroatoms. The molecule has 0 saturated carbocycles. The molecule has 126 valence electrons. The minimum Gasteiger partial charge on any atom is -0.483 e. The molecular formula is C18H19FN2O3. The van der Waals surface area contributed by atoms with Crippen molar-refractivity contribution in [3.8, 4) is 5.75 Å². The lowest BCUT2D eigenvalue weighted by molar-refractivity contribution is -0.129. The Morgan fingerprint density at radius 3 is 2.33 bits per heavy atom. The Morgan fingerprint density at radius 2 is 1.67 bits per heavy atom. The van der Waals surface area contributed by atoms with Crippen LogP contribution >= 0.6 is 0 Å². The number of benzene rings is 2. The van der Waals surface area contributed by atoms with E-state index in [1.807, 2.05) is 26.0 Å². The number of ether oxygens (including phenoxy) is 1. The lowest BCUT2D eigenvalue weighted by Crippen LogP contribution is -2.44. The molecule has 0 fully saturated rings. The number of carbonyl (C=O) groups excluding carboxylic acids is 2. The summed E-state index contributed by atoms with van der Waals surface area (Å²) in [5.41, 5.74) is 7.26. The van der Waals surface area contributed by atoms with E-state index in [-0.39, 0.29) is 18.8 Å². The highest BCUT2D eigenvalue weighted by atomic mass is 19.1. The van der Waals surface area contributed by atoms with Gasteiger partial charge in [-0.05, 0) is 43.2 Å². The summed E-state index contributed by atoms with van der Waals surface area (Å²) in [5.74, 6) is -0.617. The Bertz CT molecular complexity index is 730. The van der Waals surface area contributed by atoms with Gasteiger partial charge in [0.2, 0.25) is 5.91 Å². The highest BCUT2D eigenvalue weighted by Gasteiger charge is 2.08. The van der Waals surface area contributed by atoms with Crippen LogP contribution in [0, 0.1) is 19.7 Å². The summed E-state index contributed by atoms with van der Waals surface area (Å²) in [7, 11) is 0. The van der Waals surface area contributed by atoms with Gasteiger partial charge in [-0.3, -0.25) is 20.4 Å². The zero-order valence-electron chi connectivity index (χ0n) is 13.6. The Hall–Kier alpha value is -2.89. The normalized spacial score (nSPS) is 10.1. The van der Waals surface area contributed by atoms with Gasteiger partial charge in [0, 0.05) is 0 Å². The summed E-state index contributed by atoms with van der Waals surface area (Å²) >= 11 is 0. The largest absolute Gasteiger partial charge is 0.483 e. The number of hydrazine groups is 1.